The molecule has 0 unspecified atom stereocenters. The number of fused-ring (bicyclic) bond motifs is 1. The van der Waals surface area contributed by atoms with Gasteiger partial charge in [-0.2, -0.15) is 0 Å². The zero-order valence-electron chi connectivity index (χ0n) is 33.0. The van der Waals surface area contributed by atoms with Crippen LogP contribution in [-0.2, 0) is 14.4 Å². The Labute approximate surface area is 326 Å². The van der Waals surface area contributed by atoms with Gasteiger partial charge >= 0.3 is 50.1 Å². The average molecular weight is 918 g/mol. The fourth-order valence-corrected chi connectivity index (χ4v) is 4.58. The number of aliphatic carboxylic acids is 3. The molecule has 0 aliphatic rings. The molecule has 0 radical (unpaired) electrons. The summed E-state index contributed by atoms with van der Waals surface area (Å²) in [5.41, 5.74) is 1.42. The molecule has 51 heavy (non-hydrogen) atoms. The first-order valence-electron chi connectivity index (χ1n) is 17.9. The van der Waals surface area contributed by atoms with E-state index in [-0.39, 0.29) is 37.6 Å². The van der Waals surface area contributed by atoms with E-state index in [0.29, 0.717) is 41.0 Å². The summed E-state index contributed by atoms with van der Waals surface area (Å²) in [5, 5.41) is 43.9. The summed E-state index contributed by atoms with van der Waals surface area (Å²) < 4.78 is 0. The average Bonchev–Trinajstić information content (AvgIpc) is 2.95. The Hall–Kier alpha value is -2.81. The Morgan fingerprint density at radius 3 is 1.18 bits per heavy atom. The normalized spacial score (nSPS) is 11.0. The molecular weight excluding hydrogens is 847 g/mol. The third-order valence-corrected chi connectivity index (χ3v) is 7.37. The topological polar surface area (TPSA) is 182 Å². The monoisotopic (exact) mass is 917 g/mol. The molecule has 0 aliphatic heterocycles. The first kappa shape index (κ1) is 52.6. The second-order valence-corrected chi connectivity index (χ2v) is 16.4. The Balaban J connectivity index is -0.000000601. The number of carboxylic acids is 4. The molecule has 294 valence electrons. The molecule has 2 aromatic rings. The molecule has 0 bridgehead atoms. The van der Waals surface area contributed by atoms with Gasteiger partial charge in [-0.15, -0.1) is 0 Å². The van der Waals surface area contributed by atoms with Crippen LogP contribution in [0.4, 0.5) is 0 Å². The number of hydrogen-bond acceptors (Lipinski definition) is 6. The van der Waals surface area contributed by atoms with Gasteiger partial charge in [0.25, 0.3) is 0 Å². The third kappa shape index (κ3) is 36.8. The van der Waals surface area contributed by atoms with Crippen molar-refractivity contribution in [3.8, 4) is 5.75 Å². The zero-order chi connectivity index (χ0) is 39.0. The molecule has 0 spiro atoms. The first-order valence-corrected chi connectivity index (χ1v) is 17.9. The van der Waals surface area contributed by atoms with Crippen LogP contribution in [0, 0.1) is 16.2 Å². The minimum atomic E-state index is -1.10. The van der Waals surface area contributed by atoms with Crippen molar-refractivity contribution in [1.82, 2.24) is 4.98 Å². The summed E-state index contributed by atoms with van der Waals surface area (Å²) in [6.07, 6.45) is 13.6. The molecule has 0 fully saturated rings. The van der Waals surface area contributed by atoms with Crippen LogP contribution in [0.5, 0.6) is 5.75 Å². The number of rotatable bonds is 16. The van der Waals surface area contributed by atoms with E-state index < -0.39 is 23.9 Å². The summed E-state index contributed by atoms with van der Waals surface area (Å²) in [6.45, 7) is 19.9. The third-order valence-electron chi connectivity index (χ3n) is 7.37. The van der Waals surface area contributed by atoms with E-state index in [0.717, 1.165) is 63.2 Å². The van der Waals surface area contributed by atoms with Crippen LogP contribution in [0.3, 0.4) is 0 Å². The Morgan fingerprint density at radius 1 is 0.529 bits per heavy atom. The maximum absolute atomic E-state index is 10.6. The first-order chi connectivity index (χ1) is 22.9. The molecule has 0 amide bonds. The molecule has 0 atom stereocenters. The quantitative estimate of drug-likeness (QED) is 0.0803. The number of phenolic OH excluding ortho intramolecular Hbond substituents is 1. The number of hydrogen-bond donors (Lipinski definition) is 5. The van der Waals surface area contributed by atoms with Crippen LogP contribution >= 0.6 is 0 Å². The maximum atomic E-state index is 10.6. The van der Waals surface area contributed by atoms with Gasteiger partial charge in [-0.3, -0.25) is 14.4 Å². The van der Waals surface area contributed by atoms with Crippen molar-refractivity contribution in [3.05, 3.63) is 36.0 Å². The summed E-state index contributed by atoms with van der Waals surface area (Å²) >= 11 is 0. The molecule has 5 N–H and O–H groups in total. The Bertz CT molecular complexity index is 1190. The number of pyridine rings is 1. The number of phenols is 1. The summed E-state index contributed by atoms with van der Waals surface area (Å²) in [5.74, 6) is -3.14. The molecule has 10 nitrogen and oxygen atoms in total. The van der Waals surface area contributed by atoms with Gasteiger partial charge in [-0.05, 0) is 66.9 Å². The van der Waals surface area contributed by atoms with Crippen molar-refractivity contribution in [2.24, 2.45) is 16.2 Å². The minimum absolute atomic E-state index is 0. The SMILES string of the molecule is CC(C)(C)CCCCCC(=O)O.CC(C)(C)CCCCCC(=O)O.CC(C)(C)CCCCCC(=O)O.O=C(O)c1ccc2cccc(O)c2n1.[BiH3]. The summed E-state index contributed by atoms with van der Waals surface area (Å²) in [7, 11) is 0. The van der Waals surface area contributed by atoms with E-state index in [1.54, 1.807) is 18.2 Å². The van der Waals surface area contributed by atoms with E-state index in [4.69, 9.17) is 20.4 Å². The van der Waals surface area contributed by atoms with Gasteiger partial charge in [0.15, 0.2) is 0 Å². The van der Waals surface area contributed by atoms with Crippen LogP contribution in [0.2, 0.25) is 0 Å². The summed E-state index contributed by atoms with van der Waals surface area (Å²) in [4.78, 5) is 44.9. The molecule has 11 heteroatoms. The molecule has 2 rings (SSSR count). The Morgan fingerprint density at radius 2 is 0.882 bits per heavy atom. The second-order valence-electron chi connectivity index (χ2n) is 16.4. The van der Waals surface area contributed by atoms with E-state index in [2.05, 4.69) is 67.3 Å². The van der Waals surface area contributed by atoms with Crippen molar-refractivity contribution in [3.63, 3.8) is 0 Å². The number of aromatic carboxylic acids is 1. The van der Waals surface area contributed by atoms with Crippen molar-refractivity contribution in [2.45, 2.75) is 159 Å². The molecular formula is C40H70BiNO9. The van der Waals surface area contributed by atoms with Crippen LogP contribution < -0.4 is 0 Å². The van der Waals surface area contributed by atoms with Gasteiger partial charge in [0, 0.05) is 24.6 Å². The number of unbranched alkanes of at least 4 members (excludes halogenated alkanes) is 6. The van der Waals surface area contributed by atoms with E-state index in [1.165, 1.54) is 31.4 Å². The Kier molecular flexibility index (Phi) is 28.6. The van der Waals surface area contributed by atoms with Crippen molar-refractivity contribution in [1.29, 1.82) is 0 Å². The molecule has 1 aromatic heterocycles. The van der Waals surface area contributed by atoms with E-state index in [9.17, 15) is 24.3 Å². The van der Waals surface area contributed by atoms with Crippen LogP contribution in [0.25, 0.3) is 10.9 Å². The van der Waals surface area contributed by atoms with Crippen LogP contribution in [0.15, 0.2) is 30.3 Å². The molecule has 1 aromatic carbocycles. The van der Waals surface area contributed by atoms with E-state index in [1.807, 2.05) is 0 Å². The van der Waals surface area contributed by atoms with Gasteiger partial charge in [-0.1, -0.05) is 119 Å². The van der Waals surface area contributed by atoms with Crippen molar-refractivity contribution in [2.75, 3.05) is 0 Å². The number of benzene rings is 1. The number of para-hydroxylation sites is 1. The number of nitrogens with zero attached hydrogens (tertiary/aromatic N) is 1. The van der Waals surface area contributed by atoms with Gasteiger partial charge in [0.1, 0.15) is 17.0 Å². The molecule has 0 saturated heterocycles. The van der Waals surface area contributed by atoms with Gasteiger partial charge < -0.3 is 25.5 Å². The summed E-state index contributed by atoms with van der Waals surface area (Å²) in [6, 6.07) is 7.93. The predicted molar refractivity (Wildman–Crippen MR) is 211 cm³/mol. The van der Waals surface area contributed by atoms with E-state index >= 15 is 0 Å². The molecule has 0 saturated carbocycles. The van der Waals surface area contributed by atoms with Gasteiger partial charge in [-0.25, -0.2) is 9.78 Å². The number of carbonyl (C=O) groups is 4. The fourth-order valence-electron chi connectivity index (χ4n) is 4.58. The van der Waals surface area contributed by atoms with Crippen molar-refractivity contribution < 1.29 is 44.7 Å². The zero-order valence-corrected chi connectivity index (χ0v) is 38.5. The van der Waals surface area contributed by atoms with Crippen molar-refractivity contribution >= 4 is 61.0 Å². The number of carboxylic acid groups (broad SMARTS) is 4. The van der Waals surface area contributed by atoms with Gasteiger partial charge in [0.2, 0.25) is 0 Å². The van der Waals surface area contributed by atoms with Crippen LogP contribution in [0.1, 0.15) is 169 Å². The standard InChI is InChI=1S/C10H7NO3.3C10H20O2.Bi.3H/c12-8-3-1-2-6-4-5-7(10(13)14)11-9(6)8;3*1-10(2,3)8-6-4-5-7-9(11)12;;;;/h1-5,12H,(H,13,14);3*4-8H2,1-3H3,(H,11,12);;;;. The molecule has 1 heterocycles. The van der Waals surface area contributed by atoms with Crippen LogP contribution in [-0.4, -0.2) is 80.6 Å². The molecule has 0 aliphatic carbocycles. The second kappa shape index (κ2) is 27.8. The van der Waals surface area contributed by atoms with Gasteiger partial charge in [0.05, 0.1) is 0 Å². The number of aromatic nitrogens is 1. The number of aromatic hydroxyl groups is 1. The predicted octanol–water partition coefficient (Wildman–Crippen LogP) is 9.66. The fraction of sp³-hybridized carbons (Fsp3) is 0.675.